The van der Waals surface area contributed by atoms with E-state index in [2.05, 4.69) is 240 Å². The molecule has 0 unspecified atom stereocenters. The smallest absolute Gasteiger partial charge is 0.159 e. The molecule has 2 fully saturated rings. The summed E-state index contributed by atoms with van der Waals surface area (Å²) in [5.41, 5.74) is 18.6. The number of hydrogen-bond acceptors (Lipinski definition) is 5. The monoisotopic (exact) mass is 1020 g/mol. The Hall–Kier alpha value is -9.32. The van der Waals surface area contributed by atoms with Gasteiger partial charge in [-0.1, -0.05) is 196 Å². The second kappa shape index (κ2) is 18.7. The Kier molecular flexibility index (Phi) is 10.9. The van der Waals surface area contributed by atoms with Crippen LogP contribution in [0.25, 0.3) is 98.8 Å². The fraction of sp³-hybridized carbons (Fsp3) is 0.135. The van der Waals surface area contributed by atoms with Gasteiger partial charge in [0.25, 0.3) is 0 Å². The lowest BCUT2D eigenvalue weighted by Crippen LogP contribution is -2.11. The van der Waals surface area contributed by atoms with Gasteiger partial charge in [0.05, 0.1) is 22.7 Å². The molecule has 2 aliphatic rings. The Morgan fingerprint density at radius 2 is 0.722 bits per heavy atom. The van der Waals surface area contributed by atoms with Crippen molar-refractivity contribution in [2.45, 2.75) is 63.2 Å². The summed E-state index contributed by atoms with van der Waals surface area (Å²) in [4.78, 5) is 4.76. The average Bonchev–Trinajstić information content (AvgIpc) is 4.57. The minimum Gasteiger partial charge on any atom is -0.456 e. The normalized spacial score (nSPS) is 14.3. The highest BCUT2D eigenvalue weighted by molar-refractivity contribution is 6.24. The average molecular weight is 1020 g/mol. The molecule has 0 N–H and O–H groups in total. The number of fused-ring (bicyclic) bond motifs is 11. The van der Waals surface area contributed by atoms with E-state index in [9.17, 15) is 0 Å². The van der Waals surface area contributed by atoms with Crippen LogP contribution < -0.4 is 9.80 Å². The first-order valence-corrected chi connectivity index (χ1v) is 28.4. The van der Waals surface area contributed by atoms with E-state index in [1.54, 1.807) is 0 Å². The summed E-state index contributed by atoms with van der Waals surface area (Å²) < 4.78 is 21.7. The molecule has 0 saturated heterocycles. The molecule has 0 bridgehead atoms. The predicted octanol–water partition coefficient (Wildman–Crippen LogP) is 22.1. The number of rotatable bonds is 10. The highest BCUT2D eigenvalue weighted by Gasteiger charge is 2.29. The number of nitrogens with zero attached hydrogens (tertiary/aromatic N) is 2. The fourth-order valence-electron chi connectivity index (χ4n) is 13.8. The van der Waals surface area contributed by atoms with Crippen LogP contribution >= 0.6 is 0 Å². The zero-order chi connectivity index (χ0) is 52.0. The molecule has 2 saturated carbocycles. The standard InChI is InChI=1S/C74H56N2O3/c1-3-19-47(20-4-1)51-27-13-29-53(43-51)75(65-39-17-37-62-60-35-15-33-56(49-23-7-8-24-49)71(60)78-73(62)65)55-41-42-64-68(45-55)77-69-46-67(58-31-11-12-32-59(58)70(64)69)76(54-30-14-28-52(44-54)48-21-5-2-6-22-48)66-40-18-38-63-61-36-16-34-57(50-25-9-10-26-50)72(61)79-74(63)66/h1-6,11-22,27-46,49-50H,7-10,23-26H2. The highest BCUT2D eigenvalue weighted by Crippen LogP contribution is 2.51. The van der Waals surface area contributed by atoms with Crippen molar-refractivity contribution in [3.63, 3.8) is 0 Å². The van der Waals surface area contributed by atoms with E-state index in [1.807, 2.05) is 0 Å². The lowest BCUT2D eigenvalue weighted by molar-refractivity contribution is 0.643. The Bertz CT molecular complexity index is 4650. The SMILES string of the molecule is c1ccc(-c2cccc(N(c3ccc4c(c3)oc3cc(N(c5cccc(-c6ccccc6)c5)c5cccc6c5oc5c(C7CCCC7)cccc56)c5ccccc5c34)c3cccc4c3oc3c(C5CCCC5)cccc34)c2)cc1. The molecule has 0 spiro atoms. The molecule has 3 aromatic heterocycles. The summed E-state index contributed by atoms with van der Waals surface area (Å²) >= 11 is 0. The van der Waals surface area contributed by atoms with Gasteiger partial charge in [-0.2, -0.15) is 0 Å². The van der Waals surface area contributed by atoms with E-state index in [0.29, 0.717) is 11.8 Å². The fourth-order valence-corrected chi connectivity index (χ4v) is 13.8. The van der Waals surface area contributed by atoms with Crippen LogP contribution in [0.4, 0.5) is 34.1 Å². The third-order valence-corrected chi connectivity index (χ3v) is 17.5. The van der Waals surface area contributed by atoms with Gasteiger partial charge in [-0.3, -0.25) is 0 Å². The summed E-state index contributed by atoms with van der Waals surface area (Å²) in [6.07, 6.45) is 9.85. The Morgan fingerprint density at radius 3 is 1.29 bits per heavy atom. The maximum Gasteiger partial charge on any atom is 0.159 e. The molecule has 0 amide bonds. The Labute approximate surface area is 458 Å². The third kappa shape index (κ3) is 7.58. The van der Waals surface area contributed by atoms with Gasteiger partial charge in [0.2, 0.25) is 0 Å². The molecule has 11 aromatic carbocycles. The van der Waals surface area contributed by atoms with Crippen LogP contribution in [0.2, 0.25) is 0 Å². The van der Waals surface area contributed by atoms with Crippen molar-refractivity contribution in [2.24, 2.45) is 0 Å². The lowest BCUT2D eigenvalue weighted by Gasteiger charge is -2.27. The first-order valence-electron chi connectivity index (χ1n) is 28.4. The van der Waals surface area contributed by atoms with Crippen LogP contribution in [-0.4, -0.2) is 0 Å². The zero-order valence-corrected chi connectivity index (χ0v) is 43.9. The van der Waals surface area contributed by atoms with Gasteiger partial charge < -0.3 is 23.1 Å². The largest absolute Gasteiger partial charge is 0.456 e. The molecule has 14 aromatic rings. The van der Waals surface area contributed by atoms with Crippen molar-refractivity contribution >= 4 is 111 Å². The summed E-state index contributed by atoms with van der Waals surface area (Å²) in [6.45, 7) is 0. The van der Waals surface area contributed by atoms with E-state index in [4.69, 9.17) is 13.3 Å². The Balaban J connectivity index is 0.909. The maximum atomic E-state index is 7.29. The summed E-state index contributed by atoms with van der Waals surface area (Å²) in [5, 5.41) is 8.93. The Morgan fingerprint density at radius 1 is 0.278 bits per heavy atom. The van der Waals surface area contributed by atoms with Crippen LogP contribution in [0.1, 0.15) is 74.3 Å². The van der Waals surface area contributed by atoms with Crippen molar-refractivity contribution in [3.8, 4) is 22.3 Å². The maximum absolute atomic E-state index is 7.29. The van der Waals surface area contributed by atoms with Crippen molar-refractivity contribution in [1.82, 2.24) is 0 Å². The van der Waals surface area contributed by atoms with Crippen molar-refractivity contribution < 1.29 is 13.3 Å². The number of anilines is 6. The van der Waals surface area contributed by atoms with Crippen LogP contribution in [0.3, 0.4) is 0 Å². The highest BCUT2D eigenvalue weighted by atomic mass is 16.3. The van der Waals surface area contributed by atoms with Gasteiger partial charge in [-0.05, 0) is 125 Å². The topological polar surface area (TPSA) is 45.9 Å². The van der Waals surface area contributed by atoms with Crippen LogP contribution in [-0.2, 0) is 0 Å². The van der Waals surface area contributed by atoms with Gasteiger partial charge in [0.1, 0.15) is 22.3 Å². The third-order valence-electron chi connectivity index (χ3n) is 17.5. The van der Waals surface area contributed by atoms with Gasteiger partial charge in [0.15, 0.2) is 11.2 Å². The van der Waals surface area contributed by atoms with Gasteiger partial charge in [-0.25, -0.2) is 0 Å². The van der Waals surface area contributed by atoms with Gasteiger partial charge in [-0.15, -0.1) is 0 Å². The van der Waals surface area contributed by atoms with Gasteiger partial charge in [0, 0.05) is 61.2 Å². The van der Waals surface area contributed by atoms with Crippen molar-refractivity contribution in [1.29, 1.82) is 0 Å². The molecule has 5 heteroatoms. The second-order valence-corrected chi connectivity index (χ2v) is 22.0. The van der Waals surface area contributed by atoms with E-state index < -0.39 is 0 Å². The van der Waals surface area contributed by atoms with E-state index >= 15 is 0 Å². The zero-order valence-electron chi connectivity index (χ0n) is 43.9. The molecular weight excluding hydrogens is 965 g/mol. The summed E-state index contributed by atoms with van der Waals surface area (Å²) in [7, 11) is 0. The number of furan rings is 3. The van der Waals surface area contributed by atoms with Crippen LogP contribution in [0.15, 0.2) is 244 Å². The summed E-state index contributed by atoms with van der Waals surface area (Å²) in [5.74, 6) is 1.02. The number of hydrogen-bond donors (Lipinski definition) is 0. The van der Waals surface area contributed by atoms with E-state index in [0.717, 1.165) is 122 Å². The molecule has 0 atom stereocenters. The molecule has 2 aliphatic carbocycles. The minimum atomic E-state index is 0.506. The molecule has 0 radical (unpaired) electrons. The first-order chi connectivity index (χ1) is 39.2. The molecule has 3 heterocycles. The van der Waals surface area contributed by atoms with Crippen LogP contribution in [0.5, 0.6) is 0 Å². The van der Waals surface area contributed by atoms with E-state index in [1.165, 1.54) is 73.3 Å². The number of para-hydroxylation sites is 4. The molecule has 380 valence electrons. The molecule has 16 rings (SSSR count). The molecule has 79 heavy (non-hydrogen) atoms. The summed E-state index contributed by atoms with van der Waals surface area (Å²) in [6, 6.07) is 83.6. The van der Waals surface area contributed by atoms with Crippen molar-refractivity contribution in [3.05, 3.63) is 242 Å². The molecule has 5 nitrogen and oxygen atoms in total. The number of benzene rings is 11. The molecular formula is C74H56N2O3. The first kappa shape index (κ1) is 45.8. The second-order valence-electron chi connectivity index (χ2n) is 22.0. The predicted molar refractivity (Wildman–Crippen MR) is 328 cm³/mol. The van der Waals surface area contributed by atoms with Gasteiger partial charge >= 0.3 is 0 Å². The van der Waals surface area contributed by atoms with Crippen molar-refractivity contribution in [2.75, 3.05) is 9.80 Å². The minimum absolute atomic E-state index is 0.506. The molecule has 0 aliphatic heterocycles. The van der Waals surface area contributed by atoms with E-state index in [-0.39, 0.29) is 0 Å². The van der Waals surface area contributed by atoms with Crippen LogP contribution in [0, 0.1) is 0 Å². The quantitative estimate of drug-likeness (QED) is 0.137. The lowest BCUT2D eigenvalue weighted by atomic mass is 9.95.